The van der Waals surface area contributed by atoms with Gasteiger partial charge in [-0.25, -0.2) is 4.18 Å². The zero-order chi connectivity index (χ0) is 33.6. The molecule has 0 saturated heterocycles. The highest BCUT2D eigenvalue weighted by molar-refractivity contribution is 7.80. The molecule has 3 N–H and O–H groups in total. The molecule has 3 saturated carbocycles. The summed E-state index contributed by atoms with van der Waals surface area (Å²) in [4.78, 5) is 52.7. The second-order valence-electron chi connectivity index (χ2n) is 15.2. The standard InChI is InChI=1S/C32H46O11S/c1-17(33)42-27(2,3)13-12-23(35)32(9,38)25-20(34)15-29(6)22-11-10-18-19(31(22,8)24(36)16-30(25,29)7)14-21(43-44(39,40)41)26(37)28(18,4)5/h10,12-13,19-22,25,34,38H,11,14-16H2,1-9H3,(H,39,40,41)/b13-12+. The van der Waals surface area contributed by atoms with E-state index in [1.54, 1.807) is 27.7 Å². The lowest BCUT2D eigenvalue weighted by atomic mass is 9.38. The van der Waals surface area contributed by atoms with Crippen LogP contribution in [0.25, 0.3) is 0 Å². The molecular weight excluding hydrogens is 592 g/mol. The van der Waals surface area contributed by atoms with Crippen LogP contribution in [0.4, 0.5) is 0 Å². The Balaban J connectivity index is 1.76. The molecule has 0 amide bonds. The minimum absolute atomic E-state index is 0.0771. The topological polar surface area (TPSA) is 182 Å². The monoisotopic (exact) mass is 638 g/mol. The summed E-state index contributed by atoms with van der Waals surface area (Å²) in [6.07, 6.45) is 2.23. The number of fused-ring (bicyclic) bond motifs is 5. The molecule has 0 heterocycles. The number of Topliss-reactive ketones (excluding diaryl/α,β-unsaturated/α-hetero) is 2. The van der Waals surface area contributed by atoms with Crippen molar-refractivity contribution in [2.24, 2.45) is 39.4 Å². The van der Waals surface area contributed by atoms with Crippen LogP contribution >= 0.6 is 0 Å². The van der Waals surface area contributed by atoms with Gasteiger partial charge in [0.2, 0.25) is 0 Å². The Labute approximate surface area is 259 Å². The Kier molecular flexibility index (Phi) is 8.17. The van der Waals surface area contributed by atoms with Crippen LogP contribution in [0, 0.1) is 39.4 Å². The minimum Gasteiger partial charge on any atom is -0.456 e. The average molecular weight is 639 g/mol. The number of ketones is 3. The number of ether oxygens (including phenoxy) is 1. The summed E-state index contributed by atoms with van der Waals surface area (Å²) in [7, 11) is -4.95. The fourth-order valence-corrected chi connectivity index (χ4v) is 10.1. The molecule has 246 valence electrons. The zero-order valence-corrected chi connectivity index (χ0v) is 27.8. The predicted octanol–water partition coefficient (Wildman–Crippen LogP) is 3.33. The third-order valence-electron chi connectivity index (χ3n) is 11.8. The number of rotatable bonds is 7. The lowest BCUT2D eigenvalue weighted by Gasteiger charge is -2.64. The van der Waals surface area contributed by atoms with Crippen LogP contribution in [0.5, 0.6) is 0 Å². The summed E-state index contributed by atoms with van der Waals surface area (Å²) in [5.74, 6) is -3.92. The second kappa shape index (κ2) is 10.4. The lowest BCUT2D eigenvalue weighted by Crippen LogP contribution is -2.65. The van der Waals surface area contributed by atoms with Crippen LogP contribution < -0.4 is 0 Å². The molecule has 0 spiro atoms. The Morgan fingerprint density at radius 1 is 1.07 bits per heavy atom. The number of hydrogen-bond acceptors (Lipinski definition) is 10. The van der Waals surface area contributed by atoms with Gasteiger partial charge in [0, 0.05) is 30.1 Å². The smallest absolute Gasteiger partial charge is 0.398 e. The van der Waals surface area contributed by atoms with Crippen LogP contribution in [0.3, 0.4) is 0 Å². The van der Waals surface area contributed by atoms with E-state index in [4.69, 9.17) is 8.92 Å². The predicted molar refractivity (Wildman–Crippen MR) is 158 cm³/mol. The highest BCUT2D eigenvalue weighted by Crippen LogP contribution is 2.74. The van der Waals surface area contributed by atoms with Crippen LogP contribution in [-0.2, 0) is 38.5 Å². The first kappa shape index (κ1) is 34.6. The maximum Gasteiger partial charge on any atom is 0.398 e. The fraction of sp³-hybridized carbons (Fsp3) is 0.750. The zero-order valence-electron chi connectivity index (χ0n) is 27.0. The summed E-state index contributed by atoms with van der Waals surface area (Å²) in [6.45, 7) is 14.7. The number of allylic oxidation sites excluding steroid dienone is 2. The van der Waals surface area contributed by atoms with Gasteiger partial charge >= 0.3 is 16.4 Å². The van der Waals surface area contributed by atoms with Gasteiger partial charge in [0.15, 0.2) is 11.6 Å². The van der Waals surface area contributed by atoms with E-state index >= 15 is 0 Å². The number of hydrogen-bond donors (Lipinski definition) is 3. The number of carbonyl (C=O) groups is 4. The van der Waals surface area contributed by atoms with Crippen molar-refractivity contribution in [3.8, 4) is 0 Å². The van der Waals surface area contributed by atoms with E-state index in [1.807, 2.05) is 26.8 Å². The first-order valence-corrected chi connectivity index (χ1v) is 16.4. The Bertz CT molecular complexity index is 1450. The van der Waals surface area contributed by atoms with Gasteiger partial charge in [-0.15, -0.1) is 0 Å². The van der Waals surface area contributed by atoms with Crippen molar-refractivity contribution < 1.29 is 51.3 Å². The summed E-state index contributed by atoms with van der Waals surface area (Å²) in [5, 5.41) is 23.4. The Morgan fingerprint density at radius 2 is 1.66 bits per heavy atom. The minimum atomic E-state index is -4.95. The SMILES string of the molecule is CC(=O)OC(C)(C)/C=C/C(=O)C(C)(O)C1C(O)CC2(C)C3CC=C4C(CC(OS(=O)(=O)O)C(=O)C4(C)C)C3(C)C(=O)CC12C. The third kappa shape index (κ3) is 5.14. The van der Waals surface area contributed by atoms with Gasteiger partial charge in [0.05, 0.1) is 6.10 Å². The second-order valence-corrected chi connectivity index (χ2v) is 16.3. The molecule has 0 aromatic heterocycles. The highest BCUT2D eigenvalue weighted by Gasteiger charge is 2.74. The van der Waals surface area contributed by atoms with E-state index in [0.29, 0.717) is 6.42 Å². The summed E-state index contributed by atoms with van der Waals surface area (Å²) >= 11 is 0. The fourth-order valence-electron chi connectivity index (χ4n) is 9.61. The summed E-state index contributed by atoms with van der Waals surface area (Å²) in [6, 6.07) is 0. The van der Waals surface area contributed by atoms with Gasteiger partial charge in [-0.1, -0.05) is 32.4 Å². The maximum atomic E-state index is 14.5. The van der Waals surface area contributed by atoms with E-state index in [0.717, 1.165) is 11.6 Å². The third-order valence-corrected chi connectivity index (χ3v) is 12.2. The largest absolute Gasteiger partial charge is 0.456 e. The van der Waals surface area contributed by atoms with E-state index in [-0.39, 0.29) is 25.0 Å². The average Bonchev–Trinajstić information content (AvgIpc) is 3.04. The molecule has 9 unspecified atom stereocenters. The highest BCUT2D eigenvalue weighted by atomic mass is 32.3. The van der Waals surface area contributed by atoms with Crippen LogP contribution in [0.15, 0.2) is 23.8 Å². The van der Waals surface area contributed by atoms with Gasteiger partial charge in [-0.3, -0.25) is 23.7 Å². The number of esters is 1. The molecular formula is C32H46O11S. The van der Waals surface area contributed by atoms with E-state index in [9.17, 15) is 42.4 Å². The van der Waals surface area contributed by atoms with E-state index < -0.39 is 90.8 Å². The molecule has 0 bridgehead atoms. The maximum absolute atomic E-state index is 14.5. The van der Waals surface area contributed by atoms with Crippen molar-refractivity contribution in [2.75, 3.05) is 0 Å². The molecule has 0 aromatic rings. The molecule has 44 heavy (non-hydrogen) atoms. The summed E-state index contributed by atoms with van der Waals surface area (Å²) in [5.41, 5.74) is -6.52. The molecule has 4 rings (SSSR count). The lowest BCUT2D eigenvalue weighted by molar-refractivity contribution is -0.183. The number of aliphatic hydroxyl groups is 2. The van der Waals surface area contributed by atoms with Gasteiger partial charge < -0.3 is 14.9 Å². The number of aliphatic hydroxyl groups excluding tert-OH is 1. The molecule has 3 fully saturated rings. The van der Waals surface area contributed by atoms with E-state index in [1.165, 1.54) is 19.9 Å². The molecule has 4 aliphatic rings. The van der Waals surface area contributed by atoms with Gasteiger partial charge in [0.25, 0.3) is 0 Å². The Morgan fingerprint density at radius 3 is 2.20 bits per heavy atom. The van der Waals surface area contributed by atoms with Gasteiger partial charge in [0.1, 0.15) is 23.1 Å². The van der Waals surface area contributed by atoms with Crippen molar-refractivity contribution >= 4 is 33.7 Å². The first-order chi connectivity index (χ1) is 19.8. The van der Waals surface area contributed by atoms with Crippen LogP contribution in [-0.4, -0.2) is 69.9 Å². The quantitative estimate of drug-likeness (QED) is 0.161. The molecule has 11 nitrogen and oxygen atoms in total. The van der Waals surface area contributed by atoms with Crippen molar-refractivity contribution in [1.82, 2.24) is 0 Å². The van der Waals surface area contributed by atoms with E-state index in [2.05, 4.69) is 0 Å². The number of carbonyl (C=O) groups excluding carboxylic acids is 4. The van der Waals surface area contributed by atoms with Crippen molar-refractivity contribution in [1.29, 1.82) is 0 Å². The Hall–Kier alpha value is -2.25. The first-order valence-electron chi connectivity index (χ1n) is 15.0. The van der Waals surface area contributed by atoms with Crippen molar-refractivity contribution in [2.45, 2.75) is 111 Å². The summed E-state index contributed by atoms with van der Waals surface area (Å²) < 4.78 is 42.8. The molecule has 0 aliphatic heterocycles. The van der Waals surface area contributed by atoms with Crippen LogP contribution in [0.1, 0.15) is 88.0 Å². The van der Waals surface area contributed by atoms with Gasteiger partial charge in [-0.05, 0) is 88.7 Å². The molecule has 9 atom stereocenters. The molecule has 4 aliphatic carbocycles. The molecule has 0 radical (unpaired) electrons. The van der Waals surface area contributed by atoms with Crippen molar-refractivity contribution in [3.05, 3.63) is 23.8 Å². The van der Waals surface area contributed by atoms with Gasteiger partial charge in [-0.2, -0.15) is 8.42 Å². The molecule has 0 aromatic carbocycles. The normalized spacial score (nSPS) is 40.0. The van der Waals surface area contributed by atoms with Crippen LogP contribution in [0.2, 0.25) is 0 Å². The van der Waals surface area contributed by atoms with Crippen molar-refractivity contribution in [3.63, 3.8) is 0 Å². The molecule has 12 heteroatoms.